The lowest BCUT2D eigenvalue weighted by molar-refractivity contribution is 0.0321. The van der Waals surface area contributed by atoms with Crippen LogP contribution in [0.25, 0.3) is 0 Å². The summed E-state index contributed by atoms with van der Waals surface area (Å²) in [7, 11) is 0. The summed E-state index contributed by atoms with van der Waals surface area (Å²) in [4.78, 5) is 13.1. The van der Waals surface area contributed by atoms with E-state index in [1.165, 1.54) is 6.07 Å². The lowest BCUT2D eigenvalue weighted by Crippen LogP contribution is -2.38. The monoisotopic (exact) mass is 269 g/mol. The van der Waals surface area contributed by atoms with E-state index in [0.29, 0.717) is 26.4 Å². The van der Waals surface area contributed by atoms with E-state index in [4.69, 9.17) is 14.6 Å². The molecule has 1 heterocycles. The van der Waals surface area contributed by atoms with E-state index in [0.717, 1.165) is 25.2 Å². The fraction of sp³-hybridized carbons (Fsp3) is 0.462. The van der Waals surface area contributed by atoms with Crippen molar-refractivity contribution in [3.63, 3.8) is 0 Å². The molecule has 0 bridgehead atoms. The molecule has 0 aliphatic carbocycles. The predicted molar refractivity (Wildman–Crippen MR) is 66.1 cm³/mol. The maximum absolute atomic E-state index is 13.1. The summed E-state index contributed by atoms with van der Waals surface area (Å²) in [6.45, 7) is 4.04. The molecule has 1 aromatic rings. The van der Waals surface area contributed by atoms with Gasteiger partial charge >= 0.3 is 5.97 Å². The standard InChI is InChI=1S/C13H16FNO4/c14-10-1-2-11(13(16)17)12(9-10)19-8-5-15-3-6-18-7-4-15/h1-2,9H,3-8H2,(H,16,17). The van der Waals surface area contributed by atoms with Crippen molar-refractivity contribution in [3.8, 4) is 5.75 Å². The van der Waals surface area contributed by atoms with E-state index < -0.39 is 11.8 Å². The largest absolute Gasteiger partial charge is 0.491 e. The Labute approximate surface area is 110 Å². The van der Waals surface area contributed by atoms with Crippen LogP contribution in [-0.4, -0.2) is 55.4 Å². The number of benzene rings is 1. The number of carbonyl (C=O) groups is 1. The maximum Gasteiger partial charge on any atom is 0.339 e. The number of aromatic carboxylic acids is 1. The van der Waals surface area contributed by atoms with Crippen LogP contribution in [0.3, 0.4) is 0 Å². The predicted octanol–water partition coefficient (Wildman–Crippen LogP) is 1.23. The Morgan fingerprint density at radius 1 is 1.42 bits per heavy atom. The van der Waals surface area contributed by atoms with E-state index in [1.54, 1.807) is 0 Å². The Balaban J connectivity index is 1.91. The summed E-state index contributed by atoms with van der Waals surface area (Å²) in [5.41, 5.74) is -0.0247. The molecule has 1 saturated heterocycles. The molecular formula is C13H16FNO4. The zero-order valence-corrected chi connectivity index (χ0v) is 10.5. The van der Waals surface area contributed by atoms with E-state index in [9.17, 15) is 9.18 Å². The van der Waals surface area contributed by atoms with Gasteiger partial charge in [-0.15, -0.1) is 0 Å². The van der Waals surface area contributed by atoms with Crippen molar-refractivity contribution in [2.45, 2.75) is 0 Å². The van der Waals surface area contributed by atoms with E-state index in [2.05, 4.69) is 4.90 Å². The van der Waals surface area contributed by atoms with Gasteiger partial charge in [0.15, 0.2) is 0 Å². The number of carboxylic acid groups (broad SMARTS) is 1. The third-order valence-corrected chi connectivity index (χ3v) is 2.94. The highest BCUT2D eigenvalue weighted by Crippen LogP contribution is 2.20. The molecule has 1 aliphatic heterocycles. The first-order chi connectivity index (χ1) is 9.16. The molecule has 0 atom stereocenters. The van der Waals surface area contributed by atoms with Gasteiger partial charge in [0.2, 0.25) is 0 Å². The SMILES string of the molecule is O=C(O)c1ccc(F)cc1OCCN1CCOCC1. The van der Waals surface area contributed by atoms with Gasteiger partial charge in [-0.3, -0.25) is 4.90 Å². The first kappa shape index (κ1) is 13.8. The van der Waals surface area contributed by atoms with Crippen molar-refractivity contribution in [1.82, 2.24) is 4.90 Å². The summed E-state index contributed by atoms with van der Waals surface area (Å²) in [5.74, 6) is -1.56. The normalized spacial score (nSPS) is 16.3. The Bertz CT molecular complexity index is 446. The van der Waals surface area contributed by atoms with Crippen molar-refractivity contribution < 1.29 is 23.8 Å². The van der Waals surface area contributed by atoms with Gasteiger partial charge in [-0.05, 0) is 12.1 Å². The number of ether oxygens (including phenoxy) is 2. The molecule has 19 heavy (non-hydrogen) atoms. The van der Waals surface area contributed by atoms with Crippen LogP contribution in [-0.2, 0) is 4.74 Å². The third-order valence-electron chi connectivity index (χ3n) is 2.94. The number of rotatable bonds is 5. The van der Waals surface area contributed by atoms with Crippen molar-refractivity contribution in [2.24, 2.45) is 0 Å². The number of nitrogens with zero attached hydrogens (tertiary/aromatic N) is 1. The number of carboxylic acids is 1. The molecule has 0 spiro atoms. The number of morpholine rings is 1. The van der Waals surface area contributed by atoms with Gasteiger partial charge in [-0.2, -0.15) is 0 Å². The van der Waals surface area contributed by atoms with Crippen LogP contribution < -0.4 is 4.74 Å². The smallest absolute Gasteiger partial charge is 0.339 e. The molecule has 104 valence electrons. The van der Waals surface area contributed by atoms with E-state index in [1.807, 2.05) is 0 Å². The fourth-order valence-electron chi connectivity index (χ4n) is 1.90. The van der Waals surface area contributed by atoms with Crippen LogP contribution in [0.4, 0.5) is 4.39 Å². The topological polar surface area (TPSA) is 59.0 Å². The molecule has 1 aromatic carbocycles. The molecule has 0 saturated carbocycles. The van der Waals surface area contributed by atoms with Crippen LogP contribution in [0.2, 0.25) is 0 Å². The molecule has 0 unspecified atom stereocenters. The van der Waals surface area contributed by atoms with Gasteiger partial charge in [0, 0.05) is 25.7 Å². The Kier molecular flexibility index (Phi) is 4.70. The van der Waals surface area contributed by atoms with E-state index >= 15 is 0 Å². The van der Waals surface area contributed by atoms with Crippen LogP contribution in [0.15, 0.2) is 18.2 Å². The summed E-state index contributed by atoms with van der Waals surface area (Å²) in [6.07, 6.45) is 0. The van der Waals surface area contributed by atoms with Crippen LogP contribution in [0, 0.1) is 5.82 Å². The highest BCUT2D eigenvalue weighted by molar-refractivity contribution is 5.90. The Morgan fingerprint density at radius 3 is 2.84 bits per heavy atom. The molecular weight excluding hydrogens is 253 g/mol. The lowest BCUT2D eigenvalue weighted by atomic mass is 10.2. The van der Waals surface area contributed by atoms with Crippen LogP contribution in [0.1, 0.15) is 10.4 Å². The summed E-state index contributed by atoms with van der Waals surface area (Å²) < 4.78 is 23.7. The van der Waals surface area contributed by atoms with Gasteiger partial charge in [0.1, 0.15) is 23.7 Å². The van der Waals surface area contributed by atoms with Gasteiger partial charge in [-0.1, -0.05) is 0 Å². The molecule has 0 amide bonds. The molecule has 2 rings (SSSR count). The maximum atomic E-state index is 13.1. The fourth-order valence-corrected chi connectivity index (χ4v) is 1.90. The minimum absolute atomic E-state index is 0.0247. The Morgan fingerprint density at radius 2 is 2.16 bits per heavy atom. The van der Waals surface area contributed by atoms with Gasteiger partial charge in [0.05, 0.1) is 13.2 Å². The quantitative estimate of drug-likeness (QED) is 0.871. The summed E-state index contributed by atoms with van der Waals surface area (Å²) in [6, 6.07) is 3.42. The van der Waals surface area contributed by atoms with Crippen LogP contribution >= 0.6 is 0 Å². The minimum atomic E-state index is -1.12. The second-order valence-electron chi connectivity index (χ2n) is 4.25. The summed E-state index contributed by atoms with van der Waals surface area (Å²) in [5, 5.41) is 8.98. The number of hydrogen-bond donors (Lipinski definition) is 1. The van der Waals surface area contributed by atoms with E-state index in [-0.39, 0.29) is 11.3 Å². The molecule has 0 aromatic heterocycles. The molecule has 1 N–H and O–H groups in total. The molecule has 6 heteroatoms. The first-order valence-corrected chi connectivity index (χ1v) is 6.12. The van der Waals surface area contributed by atoms with Gasteiger partial charge in [-0.25, -0.2) is 9.18 Å². The lowest BCUT2D eigenvalue weighted by Gasteiger charge is -2.26. The third kappa shape index (κ3) is 3.90. The highest BCUT2D eigenvalue weighted by atomic mass is 19.1. The number of halogens is 1. The molecule has 1 aliphatic rings. The molecule has 5 nitrogen and oxygen atoms in total. The number of hydrogen-bond acceptors (Lipinski definition) is 4. The van der Waals surface area contributed by atoms with Crippen molar-refractivity contribution >= 4 is 5.97 Å². The van der Waals surface area contributed by atoms with Crippen molar-refractivity contribution in [3.05, 3.63) is 29.6 Å². The van der Waals surface area contributed by atoms with Gasteiger partial charge < -0.3 is 14.6 Å². The molecule has 1 fully saturated rings. The summed E-state index contributed by atoms with van der Waals surface area (Å²) >= 11 is 0. The molecule has 0 radical (unpaired) electrons. The average molecular weight is 269 g/mol. The first-order valence-electron chi connectivity index (χ1n) is 6.12. The van der Waals surface area contributed by atoms with Gasteiger partial charge in [0.25, 0.3) is 0 Å². The second-order valence-corrected chi connectivity index (χ2v) is 4.25. The van der Waals surface area contributed by atoms with Crippen molar-refractivity contribution in [2.75, 3.05) is 39.5 Å². The highest BCUT2D eigenvalue weighted by Gasteiger charge is 2.14. The Hall–Kier alpha value is -1.66. The zero-order chi connectivity index (χ0) is 13.7. The zero-order valence-electron chi connectivity index (χ0n) is 10.5. The van der Waals surface area contributed by atoms with Crippen LogP contribution in [0.5, 0.6) is 5.75 Å². The minimum Gasteiger partial charge on any atom is -0.491 e. The average Bonchev–Trinajstić information content (AvgIpc) is 2.39. The van der Waals surface area contributed by atoms with Crippen molar-refractivity contribution in [1.29, 1.82) is 0 Å². The second kappa shape index (κ2) is 6.49.